The Balaban J connectivity index is 1.84. The summed E-state index contributed by atoms with van der Waals surface area (Å²) in [5.41, 5.74) is 3.26. The fourth-order valence-corrected chi connectivity index (χ4v) is 2.41. The molecule has 3 aromatic rings. The summed E-state index contributed by atoms with van der Waals surface area (Å²) in [5, 5.41) is 10.6. The molecule has 1 N–H and O–H groups in total. The number of aromatic nitrogens is 3. The Labute approximate surface area is 139 Å². The molecule has 0 aliphatic carbocycles. The van der Waals surface area contributed by atoms with Crippen molar-refractivity contribution in [1.82, 2.24) is 15.0 Å². The molecule has 0 saturated heterocycles. The lowest BCUT2D eigenvalue weighted by Gasteiger charge is -2.06. The Kier molecular flexibility index (Phi) is 4.37. The Morgan fingerprint density at radius 1 is 1.21 bits per heavy atom. The lowest BCUT2D eigenvalue weighted by molar-refractivity contribution is 0.102. The lowest BCUT2D eigenvalue weighted by atomic mass is 10.1. The first-order valence-electron chi connectivity index (χ1n) is 7.67. The standard InChI is InChI=1S/C18H17FN4O/c1-3-13-7-9-16(10-8-13)23-12(2)17(21-22-23)18(24)20-15-6-4-5-14(19)11-15/h4-11H,3H2,1-2H3,(H,20,24). The van der Waals surface area contributed by atoms with Crippen LogP contribution in [0.5, 0.6) is 0 Å². The molecular weight excluding hydrogens is 307 g/mol. The van der Waals surface area contributed by atoms with Gasteiger partial charge in [-0.3, -0.25) is 4.79 Å². The fraction of sp³-hybridized carbons (Fsp3) is 0.167. The molecule has 0 atom stereocenters. The minimum Gasteiger partial charge on any atom is -0.320 e. The minimum absolute atomic E-state index is 0.207. The molecule has 3 rings (SSSR count). The van der Waals surface area contributed by atoms with Crippen LogP contribution in [0.4, 0.5) is 10.1 Å². The molecule has 0 radical (unpaired) electrons. The van der Waals surface area contributed by atoms with Crippen LogP contribution in [0.3, 0.4) is 0 Å². The van der Waals surface area contributed by atoms with E-state index in [1.807, 2.05) is 24.3 Å². The molecule has 6 heteroatoms. The molecule has 0 aliphatic heterocycles. The molecule has 24 heavy (non-hydrogen) atoms. The molecule has 0 unspecified atom stereocenters. The first-order valence-corrected chi connectivity index (χ1v) is 7.67. The van der Waals surface area contributed by atoms with Gasteiger partial charge in [-0.25, -0.2) is 9.07 Å². The van der Waals surface area contributed by atoms with Crippen molar-refractivity contribution in [2.45, 2.75) is 20.3 Å². The third-order valence-corrected chi connectivity index (χ3v) is 3.78. The second-order valence-corrected chi connectivity index (χ2v) is 5.42. The highest BCUT2D eigenvalue weighted by molar-refractivity contribution is 6.03. The van der Waals surface area contributed by atoms with E-state index >= 15 is 0 Å². The zero-order chi connectivity index (χ0) is 17.1. The van der Waals surface area contributed by atoms with Gasteiger partial charge in [0.25, 0.3) is 5.91 Å². The number of amides is 1. The van der Waals surface area contributed by atoms with Crippen LogP contribution in [0.1, 0.15) is 28.7 Å². The molecule has 122 valence electrons. The van der Waals surface area contributed by atoms with Crippen molar-refractivity contribution >= 4 is 11.6 Å². The second-order valence-electron chi connectivity index (χ2n) is 5.42. The van der Waals surface area contributed by atoms with Crippen molar-refractivity contribution in [3.63, 3.8) is 0 Å². The molecule has 5 nitrogen and oxygen atoms in total. The van der Waals surface area contributed by atoms with Crippen molar-refractivity contribution in [3.05, 3.63) is 71.3 Å². The van der Waals surface area contributed by atoms with Gasteiger partial charge in [0.2, 0.25) is 0 Å². The summed E-state index contributed by atoms with van der Waals surface area (Å²) in [6.07, 6.45) is 0.956. The van der Waals surface area contributed by atoms with Gasteiger partial charge in [0.15, 0.2) is 5.69 Å². The molecule has 1 aromatic heterocycles. The molecule has 0 bridgehead atoms. The molecule has 0 aliphatic rings. The number of halogens is 1. The fourth-order valence-electron chi connectivity index (χ4n) is 2.41. The van der Waals surface area contributed by atoms with E-state index in [2.05, 4.69) is 22.6 Å². The summed E-state index contributed by atoms with van der Waals surface area (Å²) >= 11 is 0. The van der Waals surface area contributed by atoms with E-state index in [-0.39, 0.29) is 5.69 Å². The highest BCUT2D eigenvalue weighted by atomic mass is 19.1. The van der Waals surface area contributed by atoms with Gasteiger partial charge >= 0.3 is 0 Å². The van der Waals surface area contributed by atoms with E-state index in [4.69, 9.17) is 0 Å². The topological polar surface area (TPSA) is 59.8 Å². The average Bonchev–Trinajstić information content (AvgIpc) is 2.96. The molecule has 1 amide bonds. The number of carbonyl (C=O) groups is 1. The van der Waals surface area contributed by atoms with Gasteiger partial charge in [-0.05, 0) is 49.2 Å². The summed E-state index contributed by atoms with van der Waals surface area (Å²) in [7, 11) is 0. The van der Waals surface area contributed by atoms with E-state index in [1.165, 1.54) is 23.8 Å². The molecule has 0 saturated carbocycles. The van der Waals surface area contributed by atoms with Crippen LogP contribution in [-0.4, -0.2) is 20.9 Å². The molecule has 2 aromatic carbocycles. The van der Waals surface area contributed by atoms with Crippen LogP contribution in [0, 0.1) is 12.7 Å². The van der Waals surface area contributed by atoms with Gasteiger partial charge in [-0.1, -0.05) is 30.3 Å². The predicted molar refractivity (Wildman–Crippen MR) is 89.8 cm³/mol. The number of hydrogen-bond donors (Lipinski definition) is 1. The minimum atomic E-state index is -0.422. The average molecular weight is 324 g/mol. The first-order chi connectivity index (χ1) is 11.6. The predicted octanol–water partition coefficient (Wildman–Crippen LogP) is 3.53. The van der Waals surface area contributed by atoms with E-state index in [0.717, 1.165) is 12.1 Å². The van der Waals surface area contributed by atoms with Crippen LogP contribution in [0.15, 0.2) is 48.5 Å². The van der Waals surface area contributed by atoms with E-state index in [1.54, 1.807) is 17.7 Å². The van der Waals surface area contributed by atoms with Crippen molar-refractivity contribution in [3.8, 4) is 5.69 Å². The van der Waals surface area contributed by atoms with Gasteiger partial charge < -0.3 is 5.32 Å². The summed E-state index contributed by atoms with van der Waals surface area (Å²) in [6.45, 7) is 3.86. The van der Waals surface area contributed by atoms with Crippen LogP contribution in [0.2, 0.25) is 0 Å². The number of nitrogens with zero attached hydrogens (tertiary/aromatic N) is 3. The number of rotatable bonds is 4. The van der Waals surface area contributed by atoms with Crippen molar-refractivity contribution in [1.29, 1.82) is 0 Å². The molecule has 0 fully saturated rings. The monoisotopic (exact) mass is 324 g/mol. The maximum atomic E-state index is 13.2. The maximum absolute atomic E-state index is 13.2. The van der Waals surface area contributed by atoms with E-state index in [9.17, 15) is 9.18 Å². The second kappa shape index (κ2) is 6.62. The van der Waals surface area contributed by atoms with Gasteiger partial charge in [0, 0.05) is 5.69 Å². The smallest absolute Gasteiger partial charge is 0.278 e. The summed E-state index contributed by atoms with van der Waals surface area (Å²) < 4.78 is 14.8. The van der Waals surface area contributed by atoms with Crippen LogP contribution in [-0.2, 0) is 6.42 Å². The highest BCUT2D eigenvalue weighted by Crippen LogP contribution is 2.16. The van der Waals surface area contributed by atoms with Crippen molar-refractivity contribution in [2.75, 3.05) is 5.32 Å². The normalized spacial score (nSPS) is 10.6. The number of hydrogen-bond acceptors (Lipinski definition) is 3. The third-order valence-electron chi connectivity index (χ3n) is 3.78. The van der Waals surface area contributed by atoms with Gasteiger partial charge in [0.1, 0.15) is 5.82 Å². The Bertz CT molecular complexity index is 871. The number of carbonyl (C=O) groups excluding carboxylic acids is 1. The maximum Gasteiger partial charge on any atom is 0.278 e. The Morgan fingerprint density at radius 3 is 2.62 bits per heavy atom. The van der Waals surface area contributed by atoms with Crippen LogP contribution in [0.25, 0.3) is 5.69 Å². The Hall–Kier alpha value is -3.02. The number of aryl methyl sites for hydroxylation is 1. The van der Waals surface area contributed by atoms with Crippen molar-refractivity contribution in [2.24, 2.45) is 0 Å². The molecule has 1 heterocycles. The van der Waals surface area contributed by atoms with Crippen LogP contribution >= 0.6 is 0 Å². The first kappa shape index (κ1) is 15.9. The van der Waals surface area contributed by atoms with E-state index < -0.39 is 11.7 Å². The summed E-state index contributed by atoms with van der Waals surface area (Å²) in [5.74, 6) is -0.835. The zero-order valence-electron chi connectivity index (χ0n) is 13.5. The summed E-state index contributed by atoms with van der Waals surface area (Å²) in [4.78, 5) is 12.3. The summed E-state index contributed by atoms with van der Waals surface area (Å²) in [6, 6.07) is 13.6. The van der Waals surface area contributed by atoms with Crippen LogP contribution < -0.4 is 5.32 Å². The highest BCUT2D eigenvalue weighted by Gasteiger charge is 2.17. The lowest BCUT2D eigenvalue weighted by Crippen LogP contribution is -2.14. The van der Waals surface area contributed by atoms with Gasteiger partial charge in [-0.15, -0.1) is 5.10 Å². The third kappa shape index (κ3) is 3.17. The quantitative estimate of drug-likeness (QED) is 0.798. The van der Waals surface area contributed by atoms with Gasteiger partial charge in [0.05, 0.1) is 11.4 Å². The number of anilines is 1. The molecular formula is C18H17FN4O. The Morgan fingerprint density at radius 2 is 1.96 bits per heavy atom. The number of nitrogens with one attached hydrogen (secondary N) is 1. The molecule has 0 spiro atoms. The van der Waals surface area contributed by atoms with Gasteiger partial charge in [-0.2, -0.15) is 0 Å². The van der Waals surface area contributed by atoms with Crippen molar-refractivity contribution < 1.29 is 9.18 Å². The number of benzene rings is 2. The largest absolute Gasteiger partial charge is 0.320 e. The zero-order valence-corrected chi connectivity index (χ0v) is 13.5. The van der Waals surface area contributed by atoms with E-state index in [0.29, 0.717) is 11.4 Å². The SMILES string of the molecule is CCc1ccc(-n2nnc(C(=O)Nc3cccc(F)c3)c2C)cc1.